The largest absolute Gasteiger partial charge is 0.452 e. The number of benzene rings is 1. The van der Waals surface area contributed by atoms with Crippen molar-refractivity contribution >= 4 is 29.4 Å². The summed E-state index contributed by atoms with van der Waals surface area (Å²) in [5.41, 5.74) is -0.645. The number of fused-ring (bicyclic) bond motifs is 3. The lowest BCUT2D eigenvalue weighted by atomic mass is 9.96. The molecule has 4 aliphatic rings. The fraction of sp³-hybridized carbons (Fsp3) is 0.545. The number of para-hydroxylation sites is 1. The Bertz CT molecular complexity index is 921. The maximum Gasteiger partial charge on any atom is 0.354 e. The molecule has 158 valence electrons. The van der Waals surface area contributed by atoms with Crippen molar-refractivity contribution in [2.75, 3.05) is 11.5 Å². The number of anilines is 1. The van der Waals surface area contributed by atoms with Crippen LogP contribution in [0.1, 0.15) is 61.7 Å². The monoisotopic (exact) mass is 411 g/mol. The second-order valence-corrected chi connectivity index (χ2v) is 8.59. The lowest BCUT2D eigenvalue weighted by Gasteiger charge is -2.48. The molecule has 0 aromatic heterocycles. The molecule has 2 aliphatic heterocycles. The third-order valence-electron chi connectivity index (χ3n) is 6.59. The van der Waals surface area contributed by atoms with E-state index in [9.17, 15) is 19.2 Å². The minimum atomic E-state index is -1.50. The highest BCUT2D eigenvalue weighted by Crippen LogP contribution is 2.49. The smallest absolute Gasteiger partial charge is 0.354 e. The second kappa shape index (κ2) is 7.11. The standard InChI is InChI=1S/C22H25N3O5/c26-18(23-14-5-1-2-6-14)13-30-21(29)22-12-11-19(27)25(22)17-8-4-3-7-16(17)20(28)24(22)15-9-10-15/h3-4,7-8,14-15H,1-2,5-6,9-13H2,(H,23,26)/t22-/m0/s1. The highest BCUT2D eigenvalue weighted by atomic mass is 16.5. The van der Waals surface area contributed by atoms with Gasteiger partial charge in [0.25, 0.3) is 11.8 Å². The minimum absolute atomic E-state index is 0.0980. The van der Waals surface area contributed by atoms with E-state index in [2.05, 4.69) is 5.32 Å². The lowest BCUT2D eigenvalue weighted by molar-refractivity contribution is -0.160. The summed E-state index contributed by atoms with van der Waals surface area (Å²) in [5, 5.41) is 2.90. The molecule has 8 heteroatoms. The highest BCUT2D eigenvalue weighted by Gasteiger charge is 2.64. The molecule has 30 heavy (non-hydrogen) atoms. The van der Waals surface area contributed by atoms with Crippen molar-refractivity contribution in [3.8, 4) is 0 Å². The van der Waals surface area contributed by atoms with Gasteiger partial charge in [-0.25, -0.2) is 4.79 Å². The Balaban J connectivity index is 1.43. The van der Waals surface area contributed by atoms with Gasteiger partial charge in [0.1, 0.15) is 0 Å². The van der Waals surface area contributed by atoms with Crippen molar-refractivity contribution in [3.05, 3.63) is 29.8 Å². The van der Waals surface area contributed by atoms with E-state index in [4.69, 9.17) is 4.74 Å². The van der Waals surface area contributed by atoms with E-state index in [1.165, 1.54) is 9.80 Å². The van der Waals surface area contributed by atoms with Crippen molar-refractivity contribution in [1.82, 2.24) is 10.2 Å². The summed E-state index contributed by atoms with van der Waals surface area (Å²) in [7, 11) is 0. The molecule has 1 N–H and O–H groups in total. The van der Waals surface area contributed by atoms with Gasteiger partial charge >= 0.3 is 5.97 Å². The van der Waals surface area contributed by atoms with Gasteiger partial charge in [-0.05, 0) is 37.8 Å². The molecule has 0 radical (unpaired) electrons. The van der Waals surface area contributed by atoms with Crippen LogP contribution in [0.3, 0.4) is 0 Å². The molecular formula is C22H25N3O5. The Morgan fingerprint density at radius 1 is 1.10 bits per heavy atom. The number of nitrogens with zero attached hydrogens (tertiary/aromatic N) is 2. The van der Waals surface area contributed by atoms with E-state index >= 15 is 0 Å². The summed E-state index contributed by atoms with van der Waals surface area (Å²) in [5.74, 6) is -1.52. The van der Waals surface area contributed by atoms with Crippen LogP contribution in [-0.2, 0) is 19.1 Å². The van der Waals surface area contributed by atoms with E-state index < -0.39 is 18.2 Å². The van der Waals surface area contributed by atoms with Crippen molar-refractivity contribution in [2.45, 2.75) is 69.1 Å². The maximum absolute atomic E-state index is 13.4. The van der Waals surface area contributed by atoms with Gasteiger partial charge in [-0.15, -0.1) is 0 Å². The lowest BCUT2D eigenvalue weighted by Crippen LogP contribution is -2.69. The Morgan fingerprint density at radius 3 is 2.57 bits per heavy atom. The molecule has 0 spiro atoms. The van der Waals surface area contributed by atoms with Crippen LogP contribution in [0.4, 0.5) is 5.69 Å². The predicted molar refractivity (Wildman–Crippen MR) is 106 cm³/mol. The van der Waals surface area contributed by atoms with Crippen LogP contribution < -0.4 is 10.2 Å². The Kier molecular flexibility index (Phi) is 4.52. The first kappa shape index (κ1) is 19.1. The number of carbonyl (C=O) groups is 4. The number of ether oxygens (including phenoxy) is 1. The first-order chi connectivity index (χ1) is 14.5. The van der Waals surface area contributed by atoms with Crippen LogP contribution in [-0.4, -0.2) is 52.9 Å². The molecule has 3 amide bonds. The third-order valence-corrected chi connectivity index (χ3v) is 6.59. The van der Waals surface area contributed by atoms with Crippen molar-refractivity contribution in [1.29, 1.82) is 0 Å². The molecule has 0 bridgehead atoms. The van der Waals surface area contributed by atoms with Crippen molar-refractivity contribution < 1.29 is 23.9 Å². The number of carbonyl (C=O) groups excluding carboxylic acids is 4. The van der Waals surface area contributed by atoms with Gasteiger partial charge in [0, 0.05) is 24.9 Å². The van der Waals surface area contributed by atoms with Gasteiger partial charge < -0.3 is 15.0 Å². The number of nitrogens with one attached hydrogen (secondary N) is 1. The highest BCUT2D eigenvalue weighted by molar-refractivity contribution is 6.15. The average molecular weight is 411 g/mol. The summed E-state index contributed by atoms with van der Waals surface area (Å²) < 4.78 is 5.44. The summed E-state index contributed by atoms with van der Waals surface area (Å²) in [6, 6.07) is 6.90. The number of amides is 3. The molecule has 1 aromatic carbocycles. The molecule has 2 aliphatic carbocycles. The van der Waals surface area contributed by atoms with E-state index in [1.54, 1.807) is 24.3 Å². The fourth-order valence-corrected chi connectivity index (χ4v) is 5.10. The summed E-state index contributed by atoms with van der Waals surface area (Å²) in [6.07, 6.45) is 5.94. The summed E-state index contributed by atoms with van der Waals surface area (Å²) >= 11 is 0. The quantitative estimate of drug-likeness (QED) is 0.745. The van der Waals surface area contributed by atoms with Gasteiger partial charge in [0.15, 0.2) is 6.61 Å². The van der Waals surface area contributed by atoms with Crippen LogP contribution in [0.2, 0.25) is 0 Å². The molecule has 1 saturated heterocycles. The second-order valence-electron chi connectivity index (χ2n) is 8.59. The Morgan fingerprint density at radius 2 is 1.83 bits per heavy atom. The van der Waals surface area contributed by atoms with Gasteiger partial charge in [-0.3, -0.25) is 19.3 Å². The van der Waals surface area contributed by atoms with Crippen LogP contribution in [0.5, 0.6) is 0 Å². The SMILES string of the molecule is O=C(COC(=O)[C@]12CCC(=O)N1c1ccccc1C(=O)N2C1CC1)NC1CCCC1. The predicted octanol–water partition coefficient (Wildman–Crippen LogP) is 1.73. The van der Waals surface area contributed by atoms with Crippen LogP contribution in [0.15, 0.2) is 24.3 Å². The van der Waals surface area contributed by atoms with E-state index in [0.29, 0.717) is 11.3 Å². The minimum Gasteiger partial charge on any atom is -0.452 e. The van der Waals surface area contributed by atoms with Gasteiger partial charge in [-0.1, -0.05) is 25.0 Å². The topological polar surface area (TPSA) is 96.0 Å². The fourth-order valence-electron chi connectivity index (χ4n) is 5.10. The number of esters is 1. The van der Waals surface area contributed by atoms with Crippen LogP contribution >= 0.6 is 0 Å². The Hall–Kier alpha value is -2.90. The molecule has 2 heterocycles. The van der Waals surface area contributed by atoms with Crippen LogP contribution in [0.25, 0.3) is 0 Å². The van der Waals surface area contributed by atoms with E-state index in [1.807, 2.05) is 0 Å². The Labute approximate surface area is 174 Å². The van der Waals surface area contributed by atoms with Crippen molar-refractivity contribution in [3.63, 3.8) is 0 Å². The number of hydrogen-bond acceptors (Lipinski definition) is 5. The molecule has 3 fully saturated rings. The molecule has 1 atom stereocenters. The van der Waals surface area contributed by atoms with Crippen LogP contribution in [0, 0.1) is 0 Å². The normalized spacial score (nSPS) is 25.9. The molecule has 2 saturated carbocycles. The molecule has 0 unspecified atom stereocenters. The zero-order valence-corrected chi connectivity index (χ0v) is 16.8. The molecular weight excluding hydrogens is 386 g/mol. The van der Waals surface area contributed by atoms with Gasteiger partial charge in [-0.2, -0.15) is 0 Å². The first-order valence-corrected chi connectivity index (χ1v) is 10.7. The molecule has 1 aromatic rings. The van der Waals surface area contributed by atoms with Gasteiger partial charge in [0.05, 0.1) is 11.3 Å². The number of rotatable bonds is 5. The summed E-state index contributed by atoms with van der Waals surface area (Å²) in [4.78, 5) is 54.8. The van der Waals surface area contributed by atoms with E-state index in [-0.39, 0.29) is 42.6 Å². The third kappa shape index (κ3) is 2.88. The first-order valence-electron chi connectivity index (χ1n) is 10.7. The number of hydrogen-bond donors (Lipinski definition) is 1. The molecule has 8 nitrogen and oxygen atoms in total. The zero-order chi connectivity index (χ0) is 20.9. The maximum atomic E-state index is 13.4. The van der Waals surface area contributed by atoms with Crippen molar-refractivity contribution in [2.24, 2.45) is 0 Å². The molecule has 5 rings (SSSR count). The zero-order valence-electron chi connectivity index (χ0n) is 16.8. The van der Waals surface area contributed by atoms with Gasteiger partial charge in [0.2, 0.25) is 11.6 Å². The summed E-state index contributed by atoms with van der Waals surface area (Å²) in [6.45, 7) is -0.409. The average Bonchev–Trinajstić information content (AvgIpc) is 3.32. The van der Waals surface area contributed by atoms with E-state index in [0.717, 1.165) is 38.5 Å².